The molecule has 2 atom stereocenters. The summed E-state index contributed by atoms with van der Waals surface area (Å²) in [6, 6.07) is 0.352. The number of nitrogen functional groups attached to an aromatic ring is 1. The summed E-state index contributed by atoms with van der Waals surface area (Å²) >= 11 is 3.39. The summed E-state index contributed by atoms with van der Waals surface area (Å²) in [4.78, 5) is 0. The fraction of sp³-hybridized carbons (Fsp3) is 0.727. The van der Waals surface area contributed by atoms with Crippen LogP contribution in [0.3, 0.4) is 0 Å². The molecule has 0 aromatic carbocycles. The second-order valence-corrected chi connectivity index (χ2v) is 5.48. The molecule has 1 aromatic heterocycles. The third-order valence-electron chi connectivity index (χ3n) is 3.45. The average molecular weight is 288 g/mol. The smallest absolute Gasteiger partial charge is 0.136 e. The topological polar surface area (TPSA) is 53.1 Å². The first kappa shape index (κ1) is 11.9. The Kier molecular flexibility index (Phi) is 3.26. The van der Waals surface area contributed by atoms with Gasteiger partial charge in [0.25, 0.3) is 0 Å². The molecule has 0 radical (unpaired) electrons. The minimum atomic E-state index is -0.0339. The van der Waals surface area contributed by atoms with Gasteiger partial charge in [-0.25, -0.2) is 4.68 Å². The number of nitrogens with zero attached hydrogens (tertiary/aromatic N) is 2. The molecule has 1 aliphatic rings. The Balaban J connectivity index is 2.19. The zero-order valence-corrected chi connectivity index (χ0v) is 11.3. The van der Waals surface area contributed by atoms with Gasteiger partial charge in [-0.3, -0.25) is 0 Å². The highest BCUT2D eigenvalue weighted by Crippen LogP contribution is 2.36. The summed E-state index contributed by atoms with van der Waals surface area (Å²) in [5.74, 6) is 0.713. The second kappa shape index (κ2) is 4.37. The molecule has 2 rings (SSSR count). The molecule has 0 amide bonds. The maximum absolute atomic E-state index is 5.98. The molecular formula is C11H18BrN3O. The number of hydrogen-bond donors (Lipinski definition) is 1. The Morgan fingerprint density at radius 1 is 1.75 bits per heavy atom. The fourth-order valence-corrected chi connectivity index (χ4v) is 2.47. The highest BCUT2D eigenvalue weighted by atomic mass is 79.9. The number of rotatable bonds is 2. The SMILES string of the molecule is CCC1(C)CC(n2ncc(Br)c2N)CCO1. The van der Waals surface area contributed by atoms with Crippen LogP contribution in [0.25, 0.3) is 0 Å². The van der Waals surface area contributed by atoms with Gasteiger partial charge in [0.15, 0.2) is 0 Å². The first-order valence-corrected chi connectivity index (χ1v) is 6.47. The maximum atomic E-state index is 5.98. The van der Waals surface area contributed by atoms with Gasteiger partial charge in [-0.15, -0.1) is 0 Å². The molecule has 5 heteroatoms. The van der Waals surface area contributed by atoms with Crippen molar-refractivity contribution in [2.45, 2.75) is 44.8 Å². The molecule has 0 saturated carbocycles. The molecule has 1 fully saturated rings. The molecule has 2 unspecified atom stereocenters. The summed E-state index contributed by atoms with van der Waals surface area (Å²) in [6.07, 6.45) is 4.73. The molecule has 90 valence electrons. The molecule has 4 nitrogen and oxygen atoms in total. The lowest BCUT2D eigenvalue weighted by atomic mass is 9.90. The van der Waals surface area contributed by atoms with Crippen molar-refractivity contribution in [3.8, 4) is 0 Å². The maximum Gasteiger partial charge on any atom is 0.136 e. The van der Waals surface area contributed by atoms with Gasteiger partial charge in [0.1, 0.15) is 5.82 Å². The highest BCUT2D eigenvalue weighted by molar-refractivity contribution is 9.10. The normalized spacial score (nSPS) is 30.6. The van der Waals surface area contributed by atoms with Crippen molar-refractivity contribution >= 4 is 21.7 Å². The van der Waals surface area contributed by atoms with Crippen molar-refractivity contribution < 1.29 is 4.74 Å². The third kappa shape index (κ3) is 2.11. The van der Waals surface area contributed by atoms with E-state index in [1.54, 1.807) is 6.20 Å². The third-order valence-corrected chi connectivity index (χ3v) is 4.06. The molecule has 2 N–H and O–H groups in total. The van der Waals surface area contributed by atoms with Gasteiger partial charge in [-0.05, 0) is 42.1 Å². The molecule has 0 spiro atoms. The predicted octanol–water partition coefficient (Wildman–Crippen LogP) is 2.75. The number of nitrogens with two attached hydrogens (primary N) is 1. The first-order chi connectivity index (χ1) is 7.56. The van der Waals surface area contributed by atoms with Crippen molar-refractivity contribution in [3.05, 3.63) is 10.7 Å². The van der Waals surface area contributed by atoms with Gasteiger partial charge in [0.05, 0.1) is 22.3 Å². The van der Waals surface area contributed by atoms with E-state index in [0.29, 0.717) is 11.9 Å². The summed E-state index contributed by atoms with van der Waals surface area (Å²) in [7, 11) is 0. The van der Waals surface area contributed by atoms with Crippen molar-refractivity contribution in [1.29, 1.82) is 0 Å². The van der Waals surface area contributed by atoms with Gasteiger partial charge in [0.2, 0.25) is 0 Å². The monoisotopic (exact) mass is 287 g/mol. The molecule has 1 aromatic rings. The van der Waals surface area contributed by atoms with Crippen molar-refractivity contribution in [2.24, 2.45) is 0 Å². The lowest BCUT2D eigenvalue weighted by molar-refractivity contribution is -0.0851. The number of anilines is 1. The molecule has 0 aliphatic carbocycles. The van der Waals surface area contributed by atoms with Crippen LogP contribution in [-0.2, 0) is 4.74 Å². The number of hydrogen-bond acceptors (Lipinski definition) is 3. The van der Waals surface area contributed by atoms with Gasteiger partial charge < -0.3 is 10.5 Å². The van der Waals surface area contributed by atoms with E-state index in [9.17, 15) is 0 Å². The minimum absolute atomic E-state index is 0.0339. The zero-order valence-electron chi connectivity index (χ0n) is 9.74. The minimum Gasteiger partial charge on any atom is -0.383 e. The van der Waals surface area contributed by atoms with Crippen molar-refractivity contribution in [3.63, 3.8) is 0 Å². The first-order valence-electron chi connectivity index (χ1n) is 5.68. The van der Waals surface area contributed by atoms with Crippen LogP contribution in [0.15, 0.2) is 10.7 Å². The Hall–Kier alpha value is -0.550. The van der Waals surface area contributed by atoms with E-state index in [1.807, 2.05) is 4.68 Å². The fourth-order valence-electron chi connectivity index (χ4n) is 2.20. The van der Waals surface area contributed by atoms with Crippen molar-refractivity contribution in [2.75, 3.05) is 12.3 Å². The van der Waals surface area contributed by atoms with Crippen LogP contribution >= 0.6 is 15.9 Å². The zero-order chi connectivity index (χ0) is 11.8. The molecule has 0 bridgehead atoms. The largest absolute Gasteiger partial charge is 0.383 e. The Morgan fingerprint density at radius 2 is 2.50 bits per heavy atom. The highest BCUT2D eigenvalue weighted by Gasteiger charge is 2.33. The summed E-state index contributed by atoms with van der Waals surface area (Å²) in [6.45, 7) is 5.10. The van der Waals surface area contributed by atoms with Crippen LogP contribution in [-0.4, -0.2) is 22.0 Å². The van der Waals surface area contributed by atoms with E-state index in [0.717, 1.165) is 30.3 Å². The van der Waals surface area contributed by atoms with Crippen LogP contribution in [0.4, 0.5) is 5.82 Å². The van der Waals surface area contributed by atoms with Gasteiger partial charge in [-0.1, -0.05) is 6.92 Å². The lowest BCUT2D eigenvalue weighted by Gasteiger charge is -2.38. The van der Waals surface area contributed by atoms with E-state index in [1.165, 1.54) is 0 Å². The van der Waals surface area contributed by atoms with Crippen LogP contribution < -0.4 is 5.73 Å². The van der Waals surface area contributed by atoms with Crippen LogP contribution in [0.5, 0.6) is 0 Å². The van der Waals surface area contributed by atoms with Crippen molar-refractivity contribution in [1.82, 2.24) is 9.78 Å². The Morgan fingerprint density at radius 3 is 3.06 bits per heavy atom. The van der Waals surface area contributed by atoms with E-state index in [-0.39, 0.29) is 5.60 Å². The summed E-state index contributed by atoms with van der Waals surface area (Å²) in [5, 5.41) is 4.33. The number of ether oxygens (including phenoxy) is 1. The van der Waals surface area contributed by atoms with Gasteiger partial charge in [-0.2, -0.15) is 5.10 Å². The standard InChI is InChI=1S/C11H18BrN3O/c1-3-11(2)6-8(4-5-16-11)15-10(13)9(12)7-14-15/h7-8H,3-6,13H2,1-2H3. The molecule has 2 heterocycles. The van der Waals surface area contributed by atoms with E-state index in [4.69, 9.17) is 10.5 Å². The number of aromatic nitrogens is 2. The average Bonchev–Trinajstić information content (AvgIpc) is 2.60. The lowest BCUT2D eigenvalue weighted by Crippen LogP contribution is -2.37. The van der Waals surface area contributed by atoms with Gasteiger partial charge >= 0.3 is 0 Å². The predicted molar refractivity (Wildman–Crippen MR) is 67.3 cm³/mol. The Labute approximate surface area is 104 Å². The van der Waals surface area contributed by atoms with Crippen LogP contribution in [0.1, 0.15) is 39.2 Å². The summed E-state index contributed by atoms with van der Waals surface area (Å²) in [5.41, 5.74) is 5.94. The van der Waals surface area contributed by atoms with Crippen LogP contribution in [0, 0.1) is 0 Å². The number of halogens is 1. The van der Waals surface area contributed by atoms with Crippen LogP contribution in [0.2, 0.25) is 0 Å². The van der Waals surface area contributed by atoms with E-state index in [2.05, 4.69) is 34.9 Å². The van der Waals surface area contributed by atoms with E-state index < -0.39 is 0 Å². The van der Waals surface area contributed by atoms with E-state index >= 15 is 0 Å². The molecule has 16 heavy (non-hydrogen) atoms. The Bertz CT molecular complexity index is 379. The molecular weight excluding hydrogens is 270 g/mol. The molecule has 1 aliphatic heterocycles. The summed E-state index contributed by atoms with van der Waals surface area (Å²) < 4.78 is 8.61. The van der Waals surface area contributed by atoms with Gasteiger partial charge in [0, 0.05) is 6.61 Å². The quantitative estimate of drug-likeness (QED) is 0.910. The molecule has 1 saturated heterocycles. The second-order valence-electron chi connectivity index (χ2n) is 4.62.